The van der Waals surface area contributed by atoms with Gasteiger partial charge in [-0.25, -0.2) is 0 Å². The minimum absolute atomic E-state index is 0.132. The fraction of sp³-hybridized carbons (Fsp3) is 0.323. The predicted molar refractivity (Wildman–Crippen MR) is 160 cm³/mol. The summed E-state index contributed by atoms with van der Waals surface area (Å²) in [6.45, 7) is 14.3. The van der Waals surface area contributed by atoms with Crippen LogP contribution in [-0.2, 0) is 19.1 Å². The summed E-state index contributed by atoms with van der Waals surface area (Å²) < 4.78 is 15.7. The van der Waals surface area contributed by atoms with E-state index in [1.165, 1.54) is 12.8 Å². The molecule has 0 radical (unpaired) electrons. The number of para-hydroxylation sites is 1. The lowest BCUT2D eigenvalue weighted by Gasteiger charge is -2.11. The molecule has 0 spiro atoms. The molecule has 9 heteroatoms. The van der Waals surface area contributed by atoms with Crippen molar-refractivity contribution < 1.29 is 28.3 Å². The number of hydrogen-bond donors (Lipinski definition) is 3. The summed E-state index contributed by atoms with van der Waals surface area (Å²) in [5.41, 5.74) is 1.78. The Bertz CT molecular complexity index is 1200. The van der Waals surface area contributed by atoms with Gasteiger partial charge in [0.15, 0.2) is 11.5 Å². The smallest absolute Gasteiger partial charge is 0.291 e. The highest BCUT2D eigenvalue weighted by molar-refractivity contribution is 6.04. The van der Waals surface area contributed by atoms with Crippen LogP contribution in [0.4, 0.5) is 5.69 Å². The Kier molecular flexibility index (Phi) is 16.0. The van der Waals surface area contributed by atoms with E-state index in [0.29, 0.717) is 29.2 Å². The summed E-state index contributed by atoms with van der Waals surface area (Å²) in [6.07, 6.45) is 3.19. The molecule has 1 unspecified atom stereocenters. The molecule has 9 nitrogen and oxygen atoms in total. The molecule has 0 saturated carbocycles. The van der Waals surface area contributed by atoms with Gasteiger partial charge in [-0.1, -0.05) is 58.0 Å². The minimum atomic E-state index is -0.604. The van der Waals surface area contributed by atoms with E-state index in [9.17, 15) is 14.4 Å². The van der Waals surface area contributed by atoms with E-state index in [0.717, 1.165) is 12.0 Å². The molecule has 40 heavy (non-hydrogen) atoms. The molecule has 3 N–H and O–H groups in total. The average molecular weight is 552 g/mol. The van der Waals surface area contributed by atoms with Gasteiger partial charge in [0.2, 0.25) is 0 Å². The third-order valence-corrected chi connectivity index (χ3v) is 5.37. The zero-order valence-corrected chi connectivity index (χ0v) is 24.0. The number of fused-ring (bicyclic) bond motifs is 1. The van der Waals surface area contributed by atoms with E-state index in [-0.39, 0.29) is 29.7 Å². The van der Waals surface area contributed by atoms with E-state index in [1.54, 1.807) is 43.5 Å². The van der Waals surface area contributed by atoms with Gasteiger partial charge in [-0.2, -0.15) is 0 Å². The van der Waals surface area contributed by atoms with Gasteiger partial charge in [0.05, 0.1) is 13.2 Å². The second-order valence-electron chi connectivity index (χ2n) is 8.65. The number of ether oxygens (including phenoxy) is 2. The third kappa shape index (κ3) is 12.1. The largest absolute Gasteiger partial charge is 0.452 e. The molecule has 1 atom stereocenters. The number of methoxy groups -OCH3 is 1. The first-order chi connectivity index (χ1) is 19.2. The van der Waals surface area contributed by atoms with Crippen molar-refractivity contribution in [1.82, 2.24) is 10.6 Å². The Morgan fingerprint density at radius 3 is 2.23 bits per heavy atom. The van der Waals surface area contributed by atoms with Crippen LogP contribution in [0.2, 0.25) is 0 Å². The minimum Gasteiger partial charge on any atom is -0.452 e. The van der Waals surface area contributed by atoms with E-state index >= 15 is 0 Å². The fourth-order valence-corrected chi connectivity index (χ4v) is 2.85. The van der Waals surface area contributed by atoms with Gasteiger partial charge in [0, 0.05) is 29.8 Å². The second kappa shape index (κ2) is 18.9. The van der Waals surface area contributed by atoms with Crippen LogP contribution in [-0.4, -0.2) is 51.5 Å². The van der Waals surface area contributed by atoms with E-state index in [4.69, 9.17) is 13.9 Å². The lowest BCUT2D eigenvalue weighted by molar-refractivity contribution is -0.121. The van der Waals surface area contributed by atoms with Crippen molar-refractivity contribution in [3.8, 4) is 0 Å². The molecule has 2 aromatic carbocycles. The van der Waals surface area contributed by atoms with Crippen LogP contribution >= 0.6 is 0 Å². The number of amides is 2. The van der Waals surface area contributed by atoms with E-state index in [1.807, 2.05) is 25.2 Å². The van der Waals surface area contributed by atoms with Gasteiger partial charge in [-0.05, 0) is 50.4 Å². The fourth-order valence-electron chi connectivity index (χ4n) is 2.85. The molecule has 0 saturated heterocycles. The zero-order valence-electron chi connectivity index (χ0n) is 24.0. The van der Waals surface area contributed by atoms with Crippen molar-refractivity contribution in [3.05, 3.63) is 84.8 Å². The molecule has 2 amide bonds. The summed E-state index contributed by atoms with van der Waals surface area (Å²) in [5.74, 6) is -0.747. The van der Waals surface area contributed by atoms with Crippen LogP contribution in [0.25, 0.3) is 16.7 Å². The van der Waals surface area contributed by atoms with E-state index < -0.39 is 5.91 Å². The standard InChI is InChI=1S/C22H18N2O5.C5H13NO.C4H10/c1-14(28-15(2)21(26)23-11-12-25)16-7-9-18(10-8-16)24-22(27)20-13-17-5-3-4-6-19(17)29-20;1-5(6-2)4-7-3;1-3-4-2/h3-10,12-13H,1-2,11H2,(H,23,26)(H,24,27);5-6H,4H2,1-3H3;3-4H2,1-2H3. The quantitative estimate of drug-likeness (QED) is 0.153. The molecule has 1 aromatic heterocycles. The first-order valence-corrected chi connectivity index (χ1v) is 13.0. The van der Waals surface area contributed by atoms with Crippen molar-refractivity contribution >= 4 is 40.5 Å². The van der Waals surface area contributed by atoms with Crippen molar-refractivity contribution in [1.29, 1.82) is 0 Å². The van der Waals surface area contributed by atoms with Gasteiger partial charge in [-0.15, -0.1) is 0 Å². The summed E-state index contributed by atoms with van der Waals surface area (Å²) in [7, 11) is 3.62. The summed E-state index contributed by atoms with van der Waals surface area (Å²) >= 11 is 0. The Hall–Kier alpha value is -4.21. The maximum Gasteiger partial charge on any atom is 0.291 e. The van der Waals surface area contributed by atoms with Crippen molar-refractivity contribution in [2.45, 2.75) is 39.7 Å². The van der Waals surface area contributed by atoms with Crippen LogP contribution < -0.4 is 16.0 Å². The summed E-state index contributed by atoms with van der Waals surface area (Å²) in [4.78, 5) is 34.3. The monoisotopic (exact) mass is 551 g/mol. The van der Waals surface area contributed by atoms with Gasteiger partial charge in [0.1, 0.15) is 17.6 Å². The number of rotatable bonds is 12. The molecular weight excluding hydrogens is 510 g/mol. The van der Waals surface area contributed by atoms with E-state index in [2.05, 4.69) is 49.9 Å². The highest BCUT2D eigenvalue weighted by atomic mass is 16.5. The number of furan rings is 1. The predicted octanol–water partition coefficient (Wildman–Crippen LogP) is 5.55. The van der Waals surface area contributed by atoms with Gasteiger partial charge >= 0.3 is 0 Å². The molecule has 0 aliphatic heterocycles. The molecule has 0 fully saturated rings. The number of aldehydes is 1. The molecular formula is C31H41N3O6. The number of benzene rings is 2. The Labute approximate surface area is 236 Å². The molecule has 216 valence electrons. The lowest BCUT2D eigenvalue weighted by Crippen LogP contribution is -2.27. The Balaban J connectivity index is 0.000000617. The zero-order chi connectivity index (χ0) is 29.9. The van der Waals surface area contributed by atoms with Gasteiger partial charge in [-0.3, -0.25) is 9.59 Å². The molecule has 1 heterocycles. The number of carbonyl (C=O) groups excluding carboxylic acids is 3. The number of hydrogen-bond acceptors (Lipinski definition) is 7. The normalized spacial score (nSPS) is 10.6. The number of nitrogens with one attached hydrogen (secondary N) is 3. The van der Waals surface area contributed by atoms with Crippen molar-refractivity contribution in [2.24, 2.45) is 0 Å². The van der Waals surface area contributed by atoms with Crippen molar-refractivity contribution in [2.75, 3.05) is 32.6 Å². The maximum atomic E-state index is 12.4. The molecule has 0 bridgehead atoms. The lowest BCUT2D eigenvalue weighted by atomic mass is 10.2. The Morgan fingerprint density at radius 2 is 1.70 bits per heavy atom. The van der Waals surface area contributed by atoms with Gasteiger partial charge in [0.25, 0.3) is 11.8 Å². The second-order valence-corrected chi connectivity index (χ2v) is 8.65. The molecule has 0 aliphatic rings. The molecule has 0 aliphatic carbocycles. The average Bonchev–Trinajstić information content (AvgIpc) is 3.41. The van der Waals surface area contributed by atoms with Crippen LogP contribution in [0.1, 0.15) is 49.7 Å². The van der Waals surface area contributed by atoms with Crippen LogP contribution in [0.5, 0.6) is 0 Å². The summed E-state index contributed by atoms with van der Waals surface area (Å²) in [6, 6.07) is 16.2. The molecule has 3 aromatic rings. The number of unbranched alkanes of at least 4 members (excludes halogenated alkanes) is 1. The first kappa shape index (κ1) is 33.8. The number of carbonyl (C=O) groups is 3. The molecule has 3 rings (SSSR count). The van der Waals surface area contributed by atoms with Crippen LogP contribution in [0, 0.1) is 0 Å². The summed E-state index contributed by atoms with van der Waals surface area (Å²) in [5, 5.41) is 8.95. The van der Waals surface area contributed by atoms with Crippen molar-refractivity contribution in [3.63, 3.8) is 0 Å². The number of likely N-dealkylation sites (N-methyl/N-ethyl adjacent to an activating group) is 1. The van der Waals surface area contributed by atoms with Crippen LogP contribution in [0.3, 0.4) is 0 Å². The third-order valence-electron chi connectivity index (χ3n) is 5.37. The van der Waals surface area contributed by atoms with Crippen LogP contribution in [0.15, 0.2) is 77.9 Å². The first-order valence-electron chi connectivity index (χ1n) is 13.0. The van der Waals surface area contributed by atoms with Gasteiger partial charge < -0.3 is 34.6 Å². The number of anilines is 1. The SMILES string of the molecule is C=C(OC(=C)c1ccc(NC(=O)c2cc3ccccc3o2)cc1)C(=O)NCC=O.CCCC.CNC(C)COC. The Morgan fingerprint density at radius 1 is 1.05 bits per heavy atom. The topological polar surface area (TPSA) is 119 Å². The highest BCUT2D eigenvalue weighted by Gasteiger charge is 2.13. The maximum absolute atomic E-state index is 12.4. The highest BCUT2D eigenvalue weighted by Crippen LogP contribution is 2.22.